The Balaban J connectivity index is 1.93. The number of benzene rings is 2. The molecule has 136 valence electrons. The number of H-pyrrole nitrogens is 1. The third-order valence-corrected chi connectivity index (χ3v) is 4.66. The van der Waals surface area contributed by atoms with Crippen molar-refractivity contribution in [2.24, 2.45) is 0 Å². The van der Waals surface area contributed by atoms with Gasteiger partial charge in [0.25, 0.3) is 11.5 Å². The number of carbonyl (C=O) groups excluding carboxylic acids is 1. The van der Waals surface area contributed by atoms with E-state index in [1.54, 1.807) is 6.92 Å². The highest BCUT2D eigenvalue weighted by Crippen LogP contribution is 2.33. The molecule has 1 aliphatic heterocycles. The molecule has 2 N–H and O–H groups in total. The van der Waals surface area contributed by atoms with Gasteiger partial charge in [-0.2, -0.15) is 5.10 Å². The number of aromatic amines is 1. The van der Waals surface area contributed by atoms with E-state index in [0.29, 0.717) is 11.3 Å². The third kappa shape index (κ3) is 3.15. The molecule has 0 aliphatic carbocycles. The van der Waals surface area contributed by atoms with Crippen LogP contribution in [0.4, 0.5) is 0 Å². The molecule has 0 spiro atoms. The van der Waals surface area contributed by atoms with Gasteiger partial charge in [-0.1, -0.05) is 60.7 Å². The van der Waals surface area contributed by atoms with Crippen molar-refractivity contribution < 1.29 is 9.90 Å². The van der Waals surface area contributed by atoms with Crippen molar-refractivity contribution >= 4 is 5.91 Å². The van der Waals surface area contributed by atoms with E-state index in [1.165, 1.54) is 4.90 Å². The first kappa shape index (κ1) is 17.2. The summed E-state index contributed by atoms with van der Waals surface area (Å²) in [7, 11) is 0. The second-order valence-corrected chi connectivity index (χ2v) is 7.04. The standard InChI is InChI=1S/C21H19N3O3/c1-21(27)12-24(13-21)20(26)17-16(14-8-4-2-5-9-14)18(22-23-19(17)25)15-10-6-3-7-11-15/h2-11,27H,12-13H2,1H3,(H,23,25). The molecule has 0 atom stereocenters. The van der Waals surface area contributed by atoms with Gasteiger partial charge in [0.1, 0.15) is 5.56 Å². The number of amides is 1. The van der Waals surface area contributed by atoms with Gasteiger partial charge in [-0.05, 0) is 12.5 Å². The van der Waals surface area contributed by atoms with Crippen LogP contribution in [0.25, 0.3) is 22.4 Å². The summed E-state index contributed by atoms with van der Waals surface area (Å²) >= 11 is 0. The first-order valence-electron chi connectivity index (χ1n) is 8.71. The number of aliphatic hydroxyl groups is 1. The molecule has 0 unspecified atom stereocenters. The van der Waals surface area contributed by atoms with E-state index >= 15 is 0 Å². The van der Waals surface area contributed by atoms with Crippen LogP contribution < -0.4 is 5.56 Å². The maximum atomic E-state index is 13.1. The van der Waals surface area contributed by atoms with Crippen molar-refractivity contribution in [2.75, 3.05) is 13.1 Å². The smallest absolute Gasteiger partial charge is 0.277 e. The van der Waals surface area contributed by atoms with E-state index in [0.717, 1.165) is 11.1 Å². The van der Waals surface area contributed by atoms with Gasteiger partial charge in [0.15, 0.2) is 0 Å². The van der Waals surface area contributed by atoms with Gasteiger partial charge in [-0.3, -0.25) is 9.59 Å². The molecule has 6 heteroatoms. The molecule has 0 bridgehead atoms. The van der Waals surface area contributed by atoms with Crippen LogP contribution >= 0.6 is 0 Å². The highest BCUT2D eigenvalue weighted by Gasteiger charge is 2.41. The minimum Gasteiger partial charge on any atom is -0.386 e. The van der Waals surface area contributed by atoms with E-state index in [2.05, 4.69) is 10.2 Å². The zero-order chi connectivity index (χ0) is 19.0. The van der Waals surface area contributed by atoms with Gasteiger partial charge >= 0.3 is 0 Å². The predicted molar refractivity (Wildman–Crippen MR) is 102 cm³/mol. The van der Waals surface area contributed by atoms with Crippen LogP contribution in [0, 0.1) is 0 Å². The number of β-amino-alcohol motifs (C(OH)–C–C–N with tert-alkyl or cyclic N) is 1. The van der Waals surface area contributed by atoms with E-state index in [4.69, 9.17) is 0 Å². The Hall–Kier alpha value is -3.25. The molecule has 1 fully saturated rings. The van der Waals surface area contributed by atoms with Crippen LogP contribution in [0.15, 0.2) is 65.5 Å². The van der Waals surface area contributed by atoms with Crippen molar-refractivity contribution in [3.05, 3.63) is 76.6 Å². The number of rotatable bonds is 3. The van der Waals surface area contributed by atoms with Gasteiger partial charge < -0.3 is 10.0 Å². The Morgan fingerprint density at radius 2 is 1.59 bits per heavy atom. The lowest BCUT2D eigenvalue weighted by atomic mass is 9.92. The van der Waals surface area contributed by atoms with E-state index in [-0.39, 0.29) is 18.7 Å². The minimum absolute atomic E-state index is 0.0468. The van der Waals surface area contributed by atoms with Gasteiger partial charge in [0, 0.05) is 11.1 Å². The molecule has 3 aromatic rings. The van der Waals surface area contributed by atoms with Crippen LogP contribution in [0.1, 0.15) is 17.3 Å². The van der Waals surface area contributed by atoms with Crippen LogP contribution in [0.2, 0.25) is 0 Å². The molecule has 27 heavy (non-hydrogen) atoms. The minimum atomic E-state index is -0.912. The monoisotopic (exact) mass is 361 g/mol. The molecule has 2 aromatic carbocycles. The third-order valence-electron chi connectivity index (χ3n) is 4.66. The fourth-order valence-electron chi connectivity index (χ4n) is 3.42. The van der Waals surface area contributed by atoms with Gasteiger partial charge in [-0.25, -0.2) is 5.10 Å². The van der Waals surface area contributed by atoms with E-state index in [1.807, 2.05) is 60.7 Å². The average molecular weight is 361 g/mol. The van der Waals surface area contributed by atoms with Crippen LogP contribution in [-0.4, -0.2) is 44.8 Å². The molecule has 1 aromatic heterocycles. The molecule has 6 nitrogen and oxygen atoms in total. The Morgan fingerprint density at radius 1 is 1.04 bits per heavy atom. The number of hydrogen-bond donors (Lipinski definition) is 2. The molecule has 0 radical (unpaired) electrons. The number of likely N-dealkylation sites (tertiary alicyclic amines) is 1. The zero-order valence-electron chi connectivity index (χ0n) is 14.8. The molecule has 1 amide bonds. The number of carbonyl (C=O) groups is 1. The largest absolute Gasteiger partial charge is 0.386 e. The lowest BCUT2D eigenvalue weighted by Crippen LogP contribution is -2.62. The summed E-state index contributed by atoms with van der Waals surface area (Å²) in [5.41, 5.74) is 1.18. The SMILES string of the molecule is CC1(O)CN(C(=O)c2c(-c3ccccc3)c(-c3ccccc3)n[nH]c2=O)C1. The highest BCUT2D eigenvalue weighted by atomic mass is 16.3. The Morgan fingerprint density at radius 3 is 2.15 bits per heavy atom. The van der Waals surface area contributed by atoms with Crippen LogP contribution in [-0.2, 0) is 0 Å². The molecular formula is C21H19N3O3. The highest BCUT2D eigenvalue weighted by molar-refractivity contribution is 6.04. The molecule has 1 saturated heterocycles. The Labute approximate surface area is 156 Å². The van der Waals surface area contributed by atoms with Crippen molar-refractivity contribution in [2.45, 2.75) is 12.5 Å². The number of nitrogens with one attached hydrogen (secondary N) is 1. The van der Waals surface area contributed by atoms with Gasteiger partial charge in [0.05, 0.1) is 24.4 Å². The van der Waals surface area contributed by atoms with Crippen molar-refractivity contribution in [3.63, 3.8) is 0 Å². The van der Waals surface area contributed by atoms with Crippen LogP contribution in [0.3, 0.4) is 0 Å². The normalized spacial score (nSPS) is 15.3. The maximum absolute atomic E-state index is 13.1. The lowest BCUT2D eigenvalue weighted by molar-refractivity contribution is -0.0669. The van der Waals surface area contributed by atoms with E-state index in [9.17, 15) is 14.7 Å². The summed E-state index contributed by atoms with van der Waals surface area (Å²) in [5.74, 6) is -0.402. The molecule has 1 aliphatic rings. The topological polar surface area (TPSA) is 86.3 Å². The van der Waals surface area contributed by atoms with Crippen molar-refractivity contribution in [1.82, 2.24) is 15.1 Å². The zero-order valence-corrected chi connectivity index (χ0v) is 14.8. The summed E-state index contributed by atoms with van der Waals surface area (Å²) < 4.78 is 0. The quantitative estimate of drug-likeness (QED) is 0.750. The van der Waals surface area contributed by atoms with E-state index < -0.39 is 17.1 Å². The summed E-state index contributed by atoms with van der Waals surface area (Å²) in [5, 5.41) is 16.7. The fourth-order valence-corrected chi connectivity index (χ4v) is 3.42. The van der Waals surface area contributed by atoms with Crippen molar-refractivity contribution in [1.29, 1.82) is 0 Å². The Bertz CT molecular complexity index is 1040. The predicted octanol–water partition coefficient (Wildman–Crippen LogP) is 2.31. The summed E-state index contributed by atoms with van der Waals surface area (Å²) in [6.07, 6.45) is 0. The second-order valence-electron chi connectivity index (χ2n) is 7.04. The maximum Gasteiger partial charge on any atom is 0.277 e. The first-order chi connectivity index (χ1) is 13.0. The van der Waals surface area contributed by atoms with Gasteiger partial charge in [-0.15, -0.1) is 0 Å². The molecule has 0 saturated carbocycles. The number of aromatic nitrogens is 2. The van der Waals surface area contributed by atoms with Crippen molar-refractivity contribution in [3.8, 4) is 22.4 Å². The number of nitrogens with zero attached hydrogens (tertiary/aromatic N) is 2. The summed E-state index contributed by atoms with van der Waals surface area (Å²) in [6, 6.07) is 18.7. The molecule has 2 heterocycles. The lowest BCUT2D eigenvalue weighted by Gasteiger charge is -2.44. The van der Waals surface area contributed by atoms with Crippen LogP contribution in [0.5, 0.6) is 0 Å². The summed E-state index contributed by atoms with van der Waals surface area (Å²) in [4.78, 5) is 27.2. The summed E-state index contributed by atoms with van der Waals surface area (Å²) in [6.45, 7) is 2.06. The molecule has 4 rings (SSSR count). The molecular weight excluding hydrogens is 342 g/mol. The second kappa shape index (κ2) is 6.48. The Kier molecular flexibility index (Phi) is 4.12. The number of hydrogen-bond acceptors (Lipinski definition) is 4. The fraction of sp³-hybridized carbons (Fsp3) is 0.190. The average Bonchev–Trinajstić information content (AvgIpc) is 2.66. The first-order valence-corrected chi connectivity index (χ1v) is 8.71. The van der Waals surface area contributed by atoms with Gasteiger partial charge in [0.2, 0.25) is 0 Å².